The van der Waals surface area contributed by atoms with Crippen molar-refractivity contribution >= 4 is 29.3 Å². The predicted molar refractivity (Wildman–Crippen MR) is 246 cm³/mol. The number of likely N-dealkylation sites (tertiary alicyclic amines) is 1. The molecule has 10 atom stereocenters. The van der Waals surface area contributed by atoms with Gasteiger partial charge in [0.05, 0.1) is 42.7 Å². The molecule has 348 valence electrons. The summed E-state index contributed by atoms with van der Waals surface area (Å²) in [7, 11) is 8.75. The normalized spacial score (nSPS) is 18.8. The highest BCUT2D eigenvalue weighted by molar-refractivity contribution is 5.83. The number of nitrogens with zero attached hydrogens (tertiary/aromatic N) is 3. The fourth-order valence-electron chi connectivity index (χ4n) is 9.13. The van der Waals surface area contributed by atoms with Crippen molar-refractivity contribution in [2.45, 2.75) is 142 Å². The molecule has 0 spiro atoms. The van der Waals surface area contributed by atoms with E-state index in [0.717, 1.165) is 24.0 Å². The highest BCUT2D eigenvalue weighted by atomic mass is 16.5. The van der Waals surface area contributed by atoms with Crippen LogP contribution in [0.25, 0.3) is 0 Å². The Balaban J connectivity index is 1.77. The Bertz CT molecular complexity index is 1670. The van der Waals surface area contributed by atoms with Crippen molar-refractivity contribution in [2.75, 3.05) is 47.6 Å². The monoisotopic (exact) mass is 866 g/mol. The van der Waals surface area contributed by atoms with E-state index in [1.165, 1.54) is 0 Å². The Hall–Kier alpha value is -4.08. The number of methoxy groups -OCH3 is 2. The van der Waals surface area contributed by atoms with Crippen LogP contribution in [0.5, 0.6) is 0 Å². The summed E-state index contributed by atoms with van der Waals surface area (Å²) in [5.41, 5.74) is 8.37. The van der Waals surface area contributed by atoms with Gasteiger partial charge in [-0.3, -0.25) is 29.0 Å². The second-order valence-corrected chi connectivity index (χ2v) is 18.3. The molecule has 0 radical (unpaired) electrons. The molecule has 14 heteroatoms. The minimum atomic E-state index is -1.06. The third-order valence-electron chi connectivity index (χ3n) is 12.7. The molecule has 0 saturated carbocycles. The van der Waals surface area contributed by atoms with Gasteiger partial charge in [0.15, 0.2) is 0 Å². The number of nitrogen functional groups attached to an aromatic ring is 1. The van der Waals surface area contributed by atoms with Crippen LogP contribution in [0, 0.1) is 23.7 Å². The van der Waals surface area contributed by atoms with Crippen molar-refractivity contribution in [1.29, 1.82) is 0 Å². The number of hydrogen-bond donors (Lipinski definition) is 5. The van der Waals surface area contributed by atoms with Gasteiger partial charge >= 0.3 is 0 Å². The number of nitrogens with one attached hydrogen (secondary N) is 3. The summed E-state index contributed by atoms with van der Waals surface area (Å²) in [6.07, 6.45) is 0.511. The Labute approximate surface area is 372 Å². The predicted octanol–water partition coefficient (Wildman–Crippen LogP) is 4.44. The van der Waals surface area contributed by atoms with E-state index >= 15 is 0 Å². The molecular weight excluding hydrogens is 787 g/mol. The lowest BCUT2D eigenvalue weighted by atomic mass is 9.89. The largest absolute Gasteiger partial charge is 0.399 e. The van der Waals surface area contributed by atoms with Crippen molar-refractivity contribution < 1.29 is 33.8 Å². The molecule has 1 aliphatic heterocycles. The number of nitrogens with two attached hydrogens (primary N) is 1. The zero-order valence-corrected chi connectivity index (χ0v) is 39.6. The third-order valence-corrected chi connectivity index (χ3v) is 12.7. The van der Waals surface area contributed by atoms with Gasteiger partial charge < -0.3 is 41.2 Å². The van der Waals surface area contributed by atoms with Crippen LogP contribution in [0.4, 0.5) is 5.69 Å². The minimum Gasteiger partial charge on any atom is -0.399 e. The Kier molecular flexibility index (Phi) is 21.3. The smallest absolute Gasteiger partial charge is 0.237 e. The van der Waals surface area contributed by atoms with E-state index in [0.29, 0.717) is 31.6 Å². The van der Waals surface area contributed by atoms with Gasteiger partial charge in [-0.1, -0.05) is 97.4 Å². The molecule has 62 heavy (non-hydrogen) atoms. The lowest BCUT2D eigenvalue weighted by Gasteiger charge is -2.44. The van der Waals surface area contributed by atoms with E-state index < -0.39 is 36.4 Å². The molecule has 1 saturated heterocycles. The van der Waals surface area contributed by atoms with E-state index in [2.05, 4.69) is 29.8 Å². The Morgan fingerprint density at radius 3 is 2.05 bits per heavy atom. The number of carbonyl (C=O) groups is 4. The highest BCUT2D eigenvalue weighted by Gasteiger charge is 2.43. The number of anilines is 1. The molecule has 0 aromatic heterocycles. The number of ether oxygens (including phenoxy) is 2. The Morgan fingerprint density at radius 1 is 0.855 bits per heavy atom. The molecule has 6 N–H and O–H groups in total. The number of amides is 4. The highest BCUT2D eigenvalue weighted by Crippen LogP contribution is 2.30. The van der Waals surface area contributed by atoms with Crippen LogP contribution >= 0.6 is 0 Å². The van der Waals surface area contributed by atoms with E-state index in [1.807, 2.05) is 113 Å². The first kappa shape index (κ1) is 52.3. The fourth-order valence-corrected chi connectivity index (χ4v) is 9.13. The molecule has 4 amide bonds. The second kappa shape index (κ2) is 25.3. The summed E-state index contributed by atoms with van der Waals surface area (Å²) in [6.45, 7) is 14.8. The summed E-state index contributed by atoms with van der Waals surface area (Å²) >= 11 is 0. The zero-order valence-electron chi connectivity index (χ0n) is 39.6. The van der Waals surface area contributed by atoms with E-state index in [4.69, 9.17) is 15.2 Å². The quantitative estimate of drug-likeness (QED) is 0.0709. The first-order valence-corrected chi connectivity index (χ1v) is 22.5. The lowest BCUT2D eigenvalue weighted by Crippen LogP contribution is -2.61. The summed E-state index contributed by atoms with van der Waals surface area (Å²) < 4.78 is 12.2. The molecule has 2 aromatic carbocycles. The van der Waals surface area contributed by atoms with Gasteiger partial charge in [-0.25, -0.2) is 0 Å². The molecule has 1 fully saturated rings. The standard InChI is InChI=1S/C48H79N7O7/c1-13-32(6)44(54(10)48(60)42(30(2)3)52-47(59)43(31(4)5)53(8)9)39(61-11)28-41(57)55-25-17-20-38(55)45(62-12)33(7)46(58)51-37(26-34-18-15-14-16-19-34)27-40(56)50-29-35-21-23-36(49)24-22-35/h14-16,18-19,21-24,30-33,37-39,42-45,48,60H,13,17,20,25-29,49H2,1-12H3,(H,50,56)(H,51,58)(H,52,59)/t32-,33+,37+,38-,39+,42-,43-,44-,45+,48?/m0/s1. The van der Waals surface area contributed by atoms with Gasteiger partial charge in [0.25, 0.3) is 0 Å². The van der Waals surface area contributed by atoms with Crippen molar-refractivity contribution in [3.05, 3.63) is 65.7 Å². The van der Waals surface area contributed by atoms with Gasteiger partial charge in [-0.2, -0.15) is 0 Å². The molecule has 2 aromatic rings. The van der Waals surface area contributed by atoms with Crippen molar-refractivity contribution in [3.8, 4) is 0 Å². The number of carbonyl (C=O) groups excluding carboxylic acids is 4. The molecule has 0 aliphatic carbocycles. The van der Waals surface area contributed by atoms with Crippen LogP contribution in [0.3, 0.4) is 0 Å². The van der Waals surface area contributed by atoms with Gasteiger partial charge in [-0.05, 0) is 81.4 Å². The van der Waals surface area contributed by atoms with Crippen molar-refractivity contribution in [2.24, 2.45) is 23.7 Å². The second-order valence-electron chi connectivity index (χ2n) is 18.3. The maximum Gasteiger partial charge on any atom is 0.237 e. The number of hydrogen-bond acceptors (Lipinski definition) is 10. The van der Waals surface area contributed by atoms with Gasteiger partial charge in [0, 0.05) is 51.5 Å². The van der Waals surface area contributed by atoms with Crippen LogP contribution < -0.4 is 21.7 Å². The average Bonchev–Trinajstić information content (AvgIpc) is 3.71. The maximum absolute atomic E-state index is 14.4. The zero-order chi connectivity index (χ0) is 46.3. The number of rotatable bonds is 25. The first-order chi connectivity index (χ1) is 29.3. The number of aliphatic hydroxyl groups excluding tert-OH is 1. The van der Waals surface area contributed by atoms with Crippen LogP contribution in [-0.4, -0.2) is 134 Å². The van der Waals surface area contributed by atoms with E-state index in [-0.39, 0.29) is 72.3 Å². The van der Waals surface area contributed by atoms with Crippen LogP contribution in [-0.2, 0) is 41.6 Å². The average molecular weight is 866 g/mol. The molecule has 3 rings (SSSR count). The summed E-state index contributed by atoms with van der Waals surface area (Å²) in [5, 5.41) is 21.2. The number of aliphatic hydroxyl groups is 1. The Morgan fingerprint density at radius 2 is 1.50 bits per heavy atom. The summed E-state index contributed by atoms with van der Waals surface area (Å²) in [5.74, 6) is -1.37. The van der Waals surface area contributed by atoms with Gasteiger partial charge in [0.2, 0.25) is 23.6 Å². The SMILES string of the molecule is CC[C@H](C)[C@@H]([C@@H](CC(=O)N1CCC[C@H]1[C@H](OC)[C@@H](C)C(=O)N[C@@H](CC(=O)NCc1ccc(N)cc1)Cc1ccccc1)OC)N(C)C(O)[C@@H](NC(=O)[C@H](C(C)C)N(C)C)C(C)C. The van der Waals surface area contributed by atoms with Gasteiger partial charge in [-0.15, -0.1) is 0 Å². The van der Waals surface area contributed by atoms with E-state index in [9.17, 15) is 24.3 Å². The topological polar surface area (TPSA) is 179 Å². The molecule has 1 heterocycles. The molecule has 14 nitrogen and oxygen atoms in total. The molecule has 1 aliphatic rings. The number of benzene rings is 2. The minimum absolute atomic E-state index is 0.0227. The third kappa shape index (κ3) is 14.8. The molecule has 0 bridgehead atoms. The van der Waals surface area contributed by atoms with Crippen molar-refractivity contribution in [1.82, 2.24) is 30.7 Å². The molecule has 1 unspecified atom stereocenters. The van der Waals surface area contributed by atoms with Crippen molar-refractivity contribution in [3.63, 3.8) is 0 Å². The summed E-state index contributed by atoms with van der Waals surface area (Å²) in [4.78, 5) is 60.8. The van der Waals surface area contributed by atoms with E-state index in [1.54, 1.807) is 26.4 Å². The maximum atomic E-state index is 14.4. The lowest BCUT2D eigenvalue weighted by molar-refractivity contribution is -0.146. The van der Waals surface area contributed by atoms with Crippen LogP contribution in [0.15, 0.2) is 54.6 Å². The number of likely N-dealkylation sites (N-methyl/N-ethyl adjacent to an activating group) is 2. The first-order valence-electron chi connectivity index (χ1n) is 22.5. The molecular formula is C48H79N7O7. The fraction of sp³-hybridized carbons (Fsp3) is 0.667. The summed E-state index contributed by atoms with van der Waals surface area (Å²) in [6, 6.07) is 14.9. The van der Waals surface area contributed by atoms with Crippen LogP contribution in [0.2, 0.25) is 0 Å². The van der Waals surface area contributed by atoms with Gasteiger partial charge in [0.1, 0.15) is 6.23 Å². The van der Waals surface area contributed by atoms with Crippen LogP contribution in [0.1, 0.15) is 91.7 Å².